The standard InChI is InChI=1S/C7H9N2OS/c1-6-3-4-9-5-7(6)11(10)8-2/h3-5H,1-2H3/q-1. The Kier molecular flexibility index (Phi) is 2.59. The van der Waals surface area contributed by atoms with Crippen LogP contribution in [0.1, 0.15) is 5.56 Å². The highest BCUT2D eigenvalue weighted by molar-refractivity contribution is 7.74. The fourth-order valence-corrected chi connectivity index (χ4v) is 1.42. The zero-order chi connectivity index (χ0) is 8.27. The van der Waals surface area contributed by atoms with Crippen molar-refractivity contribution in [3.63, 3.8) is 0 Å². The van der Waals surface area contributed by atoms with E-state index < -0.39 is 10.6 Å². The fourth-order valence-electron chi connectivity index (χ4n) is 0.731. The van der Waals surface area contributed by atoms with Crippen LogP contribution in [0, 0.1) is 6.92 Å². The van der Waals surface area contributed by atoms with Crippen molar-refractivity contribution in [3.05, 3.63) is 24.0 Å². The fraction of sp³-hybridized carbons (Fsp3) is 0.286. The monoisotopic (exact) mass is 169 g/mol. The molecule has 0 fully saturated rings. The van der Waals surface area contributed by atoms with Crippen LogP contribution in [-0.4, -0.2) is 12.0 Å². The smallest absolute Gasteiger partial charge is 0.0269 e. The third-order valence-electron chi connectivity index (χ3n) is 1.35. The van der Waals surface area contributed by atoms with Crippen LogP contribution in [0.4, 0.5) is 0 Å². The van der Waals surface area contributed by atoms with Gasteiger partial charge in [-0.25, -0.2) is 0 Å². The number of hydrogen-bond donors (Lipinski definition) is 0. The van der Waals surface area contributed by atoms with Gasteiger partial charge in [-0.05, 0) is 13.0 Å². The van der Waals surface area contributed by atoms with E-state index in [9.17, 15) is 4.21 Å². The van der Waals surface area contributed by atoms with Crippen LogP contribution in [0.25, 0.3) is 0 Å². The van der Waals surface area contributed by atoms with Gasteiger partial charge < -0.3 is 8.57 Å². The Hall–Kier alpha value is -0.900. The molecule has 11 heavy (non-hydrogen) atoms. The van der Waals surface area contributed by atoms with Gasteiger partial charge in [0.1, 0.15) is 0 Å². The second-order valence-electron chi connectivity index (χ2n) is 2.07. The van der Waals surface area contributed by atoms with Gasteiger partial charge in [-0.15, -0.1) is 0 Å². The van der Waals surface area contributed by atoms with Crippen molar-refractivity contribution in [1.82, 2.24) is 4.98 Å². The Balaban J connectivity index is 3.25. The summed E-state index contributed by atoms with van der Waals surface area (Å²) in [5, 5.41) is 0. The number of pyridine rings is 1. The minimum atomic E-state index is -1.24. The Bertz CT molecular complexity index is 329. The van der Waals surface area contributed by atoms with Gasteiger partial charge in [0.05, 0.1) is 0 Å². The first-order valence-electron chi connectivity index (χ1n) is 3.18. The number of aromatic nitrogens is 1. The summed E-state index contributed by atoms with van der Waals surface area (Å²) >= 11 is 0. The molecule has 1 heterocycles. The van der Waals surface area contributed by atoms with Crippen LogP contribution >= 0.6 is 0 Å². The molecule has 0 aliphatic heterocycles. The Morgan fingerprint density at radius 2 is 2.36 bits per heavy atom. The lowest BCUT2D eigenvalue weighted by Crippen LogP contribution is -1.85. The van der Waals surface area contributed by atoms with Gasteiger partial charge in [0.2, 0.25) is 0 Å². The summed E-state index contributed by atoms with van der Waals surface area (Å²) < 4.78 is 14.8. The molecular formula is C7H9N2OS-. The normalized spacial score (nSPS) is 13.3. The molecule has 60 valence electrons. The van der Waals surface area contributed by atoms with E-state index in [0.29, 0.717) is 4.90 Å². The van der Waals surface area contributed by atoms with Gasteiger partial charge in [-0.3, -0.25) is 4.98 Å². The molecule has 0 saturated heterocycles. The number of rotatable bonds is 1. The molecule has 0 aliphatic carbocycles. The molecule has 1 rings (SSSR count). The maximum Gasteiger partial charge on any atom is 0.0269 e. The van der Waals surface area contributed by atoms with Crippen LogP contribution in [0.3, 0.4) is 0 Å². The summed E-state index contributed by atoms with van der Waals surface area (Å²) in [6.45, 7) is 1.89. The third-order valence-corrected chi connectivity index (χ3v) is 2.48. The molecule has 0 aromatic carbocycles. The van der Waals surface area contributed by atoms with E-state index in [0.717, 1.165) is 5.56 Å². The third kappa shape index (κ3) is 1.77. The molecule has 0 unspecified atom stereocenters. The first-order valence-corrected chi connectivity index (χ1v) is 4.28. The zero-order valence-electron chi connectivity index (χ0n) is 6.44. The predicted octanol–water partition coefficient (Wildman–Crippen LogP) is 1.53. The predicted molar refractivity (Wildman–Crippen MR) is 43.6 cm³/mol. The van der Waals surface area contributed by atoms with Crippen molar-refractivity contribution in [2.75, 3.05) is 7.05 Å². The van der Waals surface area contributed by atoms with Gasteiger partial charge in [-0.1, -0.05) is 10.5 Å². The van der Waals surface area contributed by atoms with Gasteiger partial charge in [0, 0.05) is 19.4 Å². The minimum absolute atomic E-state index is 0.690. The molecule has 0 aliphatic rings. The average molecular weight is 169 g/mol. The van der Waals surface area contributed by atoms with Gasteiger partial charge in [0.15, 0.2) is 0 Å². The molecule has 0 radical (unpaired) electrons. The zero-order valence-corrected chi connectivity index (χ0v) is 7.26. The van der Waals surface area contributed by atoms with E-state index in [1.54, 1.807) is 12.4 Å². The van der Waals surface area contributed by atoms with E-state index in [2.05, 4.69) is 9.35 Å². The summed E-state index contributed by atoms with van der Waals surface area (Å²) in [6, 6.07) is 1.82. The minimum Gasteiger partial charge on any atom is -0.440 e. The molecule has 1 aromatic heterocycles. The maximum atomic E-state index is 11.1. The summed E-state index contributed by atoms with van der Waals surface area (Å²) in [7, 11) is 0.291. The lowest BCUT2D eigenvalue weighted by Gasteiger charge is -2.05. The largest absolute Gasteiger partial charge is 0.440 e. The highest BCUT2D eigenvalue weighted by atomic mass is 32.2. The Labute approximate surface area is 67.7 Å². The molecule has 1 aromatic rings. The quantitative estimate of drug-likeness (QED) is 0.598. The summed E-state index contributed by atoms with van der Waals surface area (Å²) in [4.78, 5) is 4.55. The number of hydrogen-bond acceptors (Lipinski definition) is 4. The highest BCUT2D eigenvalue weighted by Gasteiger charge is 1.86. The van der Waals surface area contributed by atoms with Crippen molar-refractivity contribution in [1.29, 1.82) is 0 Å². The van der Waals surface area contributed by atoms with Gasteiger partial charge in [-0.2, -0.15) is 10.6 Å². The first-order chi connectivity index (χ1) is 5.25. The second-order valence-corrected chi connectivity index (χ2v) is 3.38. The molecule has 0 bridgehead atoms. The molecule has 0 atom stereocenters. The summed E-state index contributed by atoms with van der Waals surface area (Å²) in [5.74, 6) is 0. The van der Waals surface area contributed by atoms with E-state index in [1.165, 1.54) is 7.05 Å². The van der Waals surface area contributed by atoms with Crippen LogP contribution < -0.4 is 0 Å². The lowest BCUT2D eigenvalue weighted by atomic mass is 10.3. The van der Waals surface area contributed by atoms with Crippen LogP contribution in [-0.2, 0) is 14.8 Å². The molecule has 0 saturated carbocycles. The first kappa shape index (κ1) is 8.20. The van der Waals surface area contributed by atoms with Gasteiger partial charge in [0.25, 0.3) is 0 Å². The van der Waals surface area contributed by atoms with E-state index in [1.807, 2.05) is 13.0 Å². The van der Waals surface area contributed by atoms with Gasteiger partial charge >= 0.3 is 0 Å². The maximum absolute atomic E-state index is 11.1. The Morgan fingerprint density at radius 3 is 2.91 bits per heavy atom. The summed E-state index contributed by atoms with van der Waals surface area (Å²) in [5.41, 5.74) is 0.962. The SMILES string of the molecule is CN=[S-](=O)c1cnccc1C. The van der Waals surface area contributed by atoms with Crippen molar-refractivity contribution in [2.45, 2.75) is 11.8 Å². The van der Waals surface area contributed by atoms with E-state index in [-0.39, 0.29) is 0 Å². The second kappa shape index (κ2) is 3.48. The van der Waals surface area contributed by atoms with Crippen LogP contribution in [0.5, 0.6) is 0 Å². The van der Waals surface area contributed by atoms with E-state index in [4.69, 9.17) is 0 Å². The number of aryl methyl sites for hydroxylation is 1. The molecule has 0 spiro atoms. The number of nitrogens with zero attached hydrogens (tertiary/aromatic N) is 2. The van der Waals surface area contributed by atoms with Crippen molar-refractivity contribution < 1.29 is 4.21 Å². The van der Waals surface area contributed by atoms with Crippen LogP contribution in [0.2, 0.25) is 0 Å². The molecule has 0 N–H and O–H groups in total. The van der Waals surface area contributed by atoms with Crippen molar-refractivity contribution in [2.24, 2.45) is 4.36 Å². The van der Waals surface area contributed by atoms with Crippen molar-refractivity contribution >= 4 is 10.6 Å². The molecular weight excluding hydrogens is 160 g/mol. The van der Waals surface area contributed by atoms with Crippen molar-refractivity contribution in [3.8, 4) is 0 Å². The highest BCUT2D eigenvalue weighted by Crippen LogP contribution is 2.06. The van der Waals surface area contributed by atoms with Crippen LogP contribution in [0.15, 0.2) is 27.7 Å². The molecule has 0 amide bonds. The molecule has 3 nitrogen and oxygen atoms in total. The lowest BCUT2D eigenvalue weighted by molar-refractivity contribution is 0.599. The molecule has 4 heteroatoms. The Morgan fingerprint density at radius 1 is 1.64 bits per heavy atom. The summed E-state index contributed by atoms with van der Waals surface area (Å²) in [6.07, 6.45) is 3.25. The average Bonchev–Trinajstić information content (AvgIpc) is 2.04. The topological polar surface area (TPSA) is 42.3 Å². The van der Waals surface area contributed by atoms with E-state index >= 15 is 0 Å².